The molecule has 0 unspecified atom stereocenters. The molecule has 0 saturated carbocycles. The second-order valence-electron chi connectivity index (χ2n) is 3.73. The van der Waals surface area contributed by atoms with Gasteiger partial charge in [0.25, 0.3) is 0 Å². The van der Waals surface area contributed by atoms with Gasteiger partial charge in [0.2, 0.25) is 0 Å². The quantitative estimate of drug-likeness (QED) is 0.417. The standard InChI is InChI=1S/C13H11N5/c14-7-9-2-1-5-18-12(9)8-3-4-11(15)10(6-8)13(16)17/h1-6H,15H2,(H3,16,17). The number of benzene rings is 1. The van der Waals surface area contributed by atoms with E-state index in [4.69, 9.17) is 22.1 Å². The van der Waals surface area contributed by atoms with Crippen LogP contribution in [-0.2, 0) is 0 Å². The second-order valence-corrected chi connectivity index (χ2v) is 3.73. The number of hydrogen-bond acceptors (Lipinski definition) is 4. The first-order valence-electron chi connectivity index (χ1n) is 5.23. The van der Waals surface area contributed by atoms with Crippen LogP contribution in [0.25, 0.3) is 11.3 Å². The molecule has 0 aliphatic heterocycles. The van der Waals surface area contributed by atoms with Crippen LogP contribution in [0.1, 0.15) is 11.1 Å². The molecule has 5 heteroatoms. The number of nitrogen functional groups attached to an aromatic ring is 2. The number of pyridine rings is 1. The monoisotopic (exact) mass is 237 g/mol. The van der Waals surface area contributed by atoms with Crippen LogP contribution in [0.5, 0.6) is 0 Å². The second kappa shape index (κ2) is 4.55. The number of aromatic nitrogens is 1. The maximum Gasteiger partial charge on any atom is 0.124 e. The molecule has 5 nitrogen and oxygen atoms in total. The predicted octanol–water partition coefficient (Wildman–Crippen LogP) is 1.49. The summed E-state index contributed by atoms with van der Waals surface area (Å²) in [4.78, 5) is 4.18. The Labute approximate surface area is 104 Å². The minimum Gasteiger partial charge on any atom is -0.398 e. The number of anilines is 1. The van der Waals surface area contributed by atoms with Crippen LogP contribution in [0.15, 0.2) is 36.5 Å². The summed E-state index contributed by atoms with van der Waals surface area (Å²) in [5.41, 5.74) is 13.8. The molecule has 1 aromatic carbocycles. The molecule has 0 saturated heterocycles. The van der Waals surface area contributed by atoms with Gasteiger partial charge in [-0.05, 0) is 24.3 Å². The largest absolute Gasteiger partial charge is 0.398 e. The summed E-state index contributed by atoms with van der Waals surface area (Å²) >= 11 is 0. The molecule has 2 aromatic rings. The molecule has 0 spiro atoms. The van der Waals surface area contributed by atoms with Gasteiger partial charge in [0.05, 0.1) is 11.3 Å². The van der Waals surface area contributed by atoms with Crippen molar-refractivity contribution in [1.29, 1.82) is 10.7 Å². The predicted molar refractivity (Wildman–Crippen MR) is 69.8 cm³/mol. The summed E-state index contributed by atoms with van der Waals surface area (Å²) in [7, 11) is 0. The number of rotatable bonds is 2. The number of amidine groups is 1. The molecule has 1 aromatic heterocycles. The summed E-state index contributed by atoms with van der Waals surface area (Å²) < 4.78 is 0. The summed E-state index contributed by atoms with van der Waals surface area (Å²) in [6.45, 7) is 0. The van der Waals surface area contributed by atoms with Crippen molar-refractivity contribution < 1.29 is 0 Å². The van der Waals surface area contributed by atoms with Crippen molar-refractivity contribution >= 4 is 11.5 Å². The molecule has 88 valence electrons. The third-order valence-corrected chi connectivity index (χ3v) is 2.55. The Kier molecular flexibility index (Phi) is 2.94. The Balaban J connectivity index is 2.62. The zero-order valence-electron chi connectivity index (χ0n) is 9.51. The molecule has 0 aliphatic rings. The maximum absolute atomic E-state index is 9.03. The van der Waals surface area contributed by atoms with Crippen molar-refractivity contribution in [2.45, 2.75) is 0 Å². The number of nitrogens with zero attached hydrogens (tertiary/aromatic N) is 2. The van der Waals surface area contributed by atoms with Crippen LogP contribution in [0.4, 0.5) is 5.69 Å². The minimum atomic E-state index is -0.108. The Morgan fingerprint density at radius 1 is 1.33 bits per heavy atom. The summed E-state index contributed by atoms with van der Waals surface area (Å²) in [6.07, 6.45) is 1.61. The van der Waals surface area contributed by atoms with Crippen LogP contribution in [-0.4, -0.2) is 10.8 Å². The lowest BCUT2D eigenvalue weighted by atomic mass is 10.0. The molecule has 0 aliphatic carbocycles. The number of nitriles is 1. The molecule has 1 heterocycles. The van der Waals surface area contributed by atoms with Crippen molar-refractivity contribution in [3.8, 4) is 17.3 Å². The SMILES string of the molecule is N#Cc1cccnc1-c1ccc(N)c(C(=N)N)c1. The van der Waals surface area contributed by atoms with Crippen LogP contribution >= 0.6 is 0 Å². The molecule has 0 amide bonds. The van der Waals surface area contributed by atoms with E-state index in [0.29, 0.717) is 28.1 Å². The van der Waals surface area contributed by atoms with Gasteiger partial charge in [-0.25, -0.2) is 0 Å². The van der Waals surface area contributed by atoms with Crippen LogP contribution < -0.4 is 11.5 Å². The summed E-state index contributed by atoms with van der Waals surface area (Å²) in [5.74, 6) is -0.108. The lowest BCUT2D eigenvalue weighted by Gasteiger charge is -2.07. The third kappa shape index (κ3) is 1.99. The highest BCUT2D eigenvalue weighted by molar-refractivity contribution is 6.01. The van der Waals surface area contributed by atoms with Crippen molar-refractivity contribution in [3.63, 3.8) is 0 Å². The van der Waals surface area contributed by atoms with Gasteiger partial charge in [-0.15, -0.1) is 0 Å². The van der Waals surface area contributed by atoms with Crippen molar-refractivity contribution in [1.82, 2.24) is 4.98 Å². The lowest BCUT2D eigenvalue weighted by Crippen LogP contribution is -2.13. The highest BCUT2D eigenvalue weighted by Gasteiger charge is 2.09. The van der Waals surface area contributed by atoms with E-state index in [1.165, 1.54) is 0 Å². The molecule has 0 atom stereocenters. The van der Waals surface area contributed by atoms with Crippen molar-refractivity contribution in [3.05, 3.63) is 47.7 Å². The van der Waals surface area contributed by atoms with Gasteiger partial charge in [-0.3, -0.25) is 10.4 Å². The average Bonchev–Trinajstić information content (AvgIpc) is 2.39. The van der Waals surface area contributed by atoms with E-state index in [1.807, 2.05) is 0 Å². The number of nitrogens with one attached hydrogen (secondary N) is 1. The van der Waals surface area contributed by atoms with Gasteiger partial charge in [-0.2, -0.15) is 5.26 Å². The fraction of sp³-hybridized carbons (Fsp3) is 0. The van der Waals surface area contributed by atoms with E-state index in [2.05, 4.69) is 11.1 Å². The topological polar surface area (TPSA) is 113 Å². The Morgan fingerprint density at radius 2 is 2.11 bits per heavy atom. The van der Waals surface area contributed by atoms with Crippen LogP contribution in [0.2, 0.25) is 0 Å². The lowest BCUT2D eigenvalue weighted by molar-refractivity contribution is 1.30. The molecular weight excluding hydrogens is 226 g/mol. The Hall–Kier alpha value is -2.87. The van der Waals surface area contributed by atoms with E-state index >= 15 is 0 Å². The fourth-order valence-corrected chi connectivity index (χ4v) is 1.66. The van der Waals surface area contributed by atoms with E-state index in [1.54, 1.807) is 36.5 Å². The van der Waals surface area contributed by atoms with Gasteiger partial charge in [0.15, 0.2) is 0 Å². The first-order chi connectivity index (χ1) is 8.63. The van der Waals surface area contributed by atoms with Gasteiger partial charge in [-0.1, -0.05) is 6.07 Å². The van der Waals surface area contributed by atoms with Gasteiger partial charge < -0.3 is 11.5 Å². The van der Waals surface area contributed by atoms with Crippen LogP contribution in [0.3, 0.4) is 0 Å². The van der Waals surface area contributed by atoms with Crippen LogP contribution in [0, 0.1) is 16.7 Å². The van der Waals surface area contributed by atoms with E-state index in [9.17, 15) is 0 Å². The van der Waals surface area contributed by atoms with E-state index < -0.39 is 0 Å². The van der Waals surface area contributed by atoms with Gasteiger partial charge in [0.1, 0.15) is 11.9 Å². The molecular formula is C13H11N5. The molecule has 0 fully saturated rings. The van der Waals surface area contributed by atoms with Gasteiger partial charge >= 0.3 is 0 Å². The van der Waals surface area contributed by atoms with Crippen molar-refractivity contribution in [2.75, 3.05) is 5.73 Å². The smallest absolute Gasteiger partial charge is 0.124 e. The number of hydrogen-bond donors (Lipinski definition) is 3. The first-order valence-corrected chi connectivity index (χ1v) is 5.23. The molecule has 2 rings (SSSR count). The van der Waals surface area contributed by atoms with Gasteiger partial charge in [0, 0.05) is 23.0 Å². The van der Waals surface area contributed by atoms with Crippen molar-refractivity contribution in [2.24, 2.45) is 5.73 Å². The Morgan fingerprint density at radius 3 is 2.78 bits per heavy atom. The third-order valence-electron chi connectivity index (χ3n) is 2.55. The average molecular weight is 237 g/mol. The normalized spacial score (nSPS) is 9.72. The fourth-order valence-electron chi connectivity index (χ4n) is 1.66. The zero-order valence-corrected chi connectivity index (χ0v) is 9.51. The molecule has 5 N–H and O–H groups in total. The maximum atomic E-state index is 9.03. The Bertz CT molecular complexity index is 655. The first kappa shape index (κ1) is 11.6. The van der Waals surface area contributed by atoms with E-state index in [0.717, 1.165) is 0 Å². The molecule has 0 radical (unpaired) electrons. The number of nitrogens with two attached hydrogens (primary N) is 2. The molecule has 0 bridgehead atoms. The summed E-state index contributed by atoms with van der Waals surface area (Å²) in [5, 5.41) is 16.5. The minimum absolute atomic E-state index is 0.108. The highest BCUT2D eigenvalue weighted by Crippen LogP contribution is 2.24. The highest BCUT2D eigenvalue weighted by atomic mass is 14.7. The summed E-state index contributed by atoms with van der Waals surface area (Å²) in [6, 6.07) is 10.5. The van der Waals surface area contributed by atoms with E-state index in [-0.39, 0.29) is 5.84 Å². The molecule has 18 heavy (non-hydrogen) atoms. The zero-order chi connectivity index (χ0) is 13.1.